The molecule has 8 heteroatoms. The van der Waals surface area contributed by atoms with Crippen LogP contribution in [0.3, 0.4) is 0 Å². The molecule has 1 amide bonds. The van der Waals surface area contributed by atoms with Crippen molar-refractivity contribution in [3.8, 4) is 5.75 Å². The van der Waals surface area contributed by atoms with Crippen LogP contribution in [0.5, 0.6) is 5.75 Å². The first-order valence-corrected chi connectivity index (χ1v) is 8.30. The summed E-state index contributed by atoms with van der Waals surface area (Å²) in [6, 6.07) is 11.4. The lowest BCUT2D eigenvalue weighted by Gasteiger charge is -2.11. The van der Waals surface area contributed by atoms with Crippen LogP contribution in [0.15, 0.2) is 42.5 Å². The van der Waals surface area contributed by atoms with Crippen molar-refractivity contribution in [3.63, 3.8) is 0 Å². The molecular formula is C19H18ClNO6. The van der Waals surface area contributed by atoms with Gasteiger partial charge in [0.2, 0.25) is 0 Å². The molecule has 0 aromatic heterocycles. The summed E-state index contributed by atoms with van der Waals surface area (Å²) in [6.07, 6.45) is 0. The van der Waals surface area contributed by atoms with Gasteiger partial charge in [0.1, 0.15) is 5.75 Å². The van der Waals surface area contributed by atoms with E-state index in [1.807, 2.05) is 0 Å². The van der Waals surface area contributed by atoms with Crippen LogP contribution in [0.1, 0.15) is 15.9 Å². The summed E-state index contributed by atoms with van der Waals surface area (Å²) in [6.45, 7) is 0.889. The fraction of sp³-hybridized carbons (Fsp3) is 0.211. The van der Waals surface area contributed by atoms with Crippen molar-refractivity contribution in [1.29, 1.82) is 0 Å². The van der Waals surface area contributed by atoms with Gasteiger partial charge in [-0.3, -0.25) is 4.79 Å². The highest BCUT2D eigenvalue weighted by Crippen LogP contribution is 2.23. The number of esters is 2. The summed E-state index contributed by atoms with van der Waals surface area (Å²) in [5.74, 6) is -1.44. The second-order valence-corrected chi connectivity index (χ2v) is 5.86. The Bertz CT molecular complexity index is 852. The number of halogens is 1. The fourth-order valence-electron chi connectivity index (χ4n) is 2.07. The van der Waals surface area contributed by atoms with E-state index in [2.05, 4.69) is 10.1 Å². The molecule has 2 rings (SSSR count). The smallest absolute Gasteiger partial charge is 0.344 e. The quantitative estimate of drug-likeness (QED) is 0.729. The van der Waals surface area contributed by atoms with E-state index < -0.39 is 24.5 Å². The molecule has 0 fully saturated rings. The zero-order valence-electron chi connectivity index (χ0n) is 14.8. The molecule has 0 unspecified atom stereocenters. The van der Waals surface area contributed by atoms with Crippen LogP contribution in [-0.2, 0) is 19.1 Å². The SMILES string of the molecule is COC(=O)c1ccc(C)c(NC(=O)COC(=O)COc2ccccc2Cl)c1. The maximum Gasteiger partial charge on any atom is 0.344 e. The van der Waals surface area contributed by atoms with Crippen molar-refractivity contribution in [3.05, 3.63) is 58.6 Å². The molecule has 0 saturated carbocycles. The Morgan fingerprint density at radius 1 is 1.07 bits per heavy atom. The van der Waals surface area contributed by atoms with Gasteiger partial charge < -0.3 is 19.5 Å². The summed E-state index contributed by atoms with van der Waals surface area (Å²) in [4.78, 5) is 35.2. The number of hydrogen-bond donors (Lipinski definition) is 1. The first-order valence-electron chi connectivity index (χ1n) is 7.92. The molecule has 2 aromatic rings. The Morgan fingerprint density at radius 3 is 2.52 bits per heavy atom. The van der Waals surface area contributed by atoms with E-state index in [-0.39, 0.29) is 6.61 Å². The Balaban J connectivity index is 1.84. The number of hydrogen-bond acceptors (Lipinski definition) is 6. The van der Waals surface area contributed by atoms with Gasteiger partial charge in [-0.05, 0) is 36.8 Å². The molecule has 27 heavy (non-hydrogen) atoms. The van der Waals surface area contributed by atoms with Crippen molar-refractivity contribution < 1.29 is 28.6 Å². The minimum absolute atomic E-state index is 0.295. The standard InChI is InChI=1S/C19H18ClNO6/c1-12-7-8-13(19(24)25-2)9-15(12)21-17(22)10-27-18(23)11-26-16-6-4-3-5-14(16)20/h3-9H,10-11H2,1-2H3,(H,21,22). The van der Waals surface area contributed by atoms with Gasteiger partial charge in [0, 0.05) is 5.69 Å². The number of benzene rings is 2. The normalized spacial score (nSPS) is 10.0. The molecule has 0 saturated heterocycles. The van der Waals surface area contributed by atoms with Crippen molar-refractivity contribution in [2.24, 2.45) is 0 Å². The van der Waals surface area contributed by atoms with E-state index >= 15 is 0 Å². The largest absolute Gasteiger partial charge is 0.480 e. The third-order valence-corrected chi connectivity index (χ3v) is 3.79. The number of methoxy groups -OCH3 is 1. The number of aryl methyl sites for hydroxylation is 1. The van der Waals surface area contributed by atoms with Gasteiger partial charge in [-0.25, -0.2) is 9.59 Å². The Labute approximate surface area is 161 Å². The van der Waals surface area contributed by atoms with E-state index in [1.54, 1.807) is 43.3 Å². The van der Waals surface area contributed by atoms with Crippen LogP contribution < -0.4 is 10.1 Å². The second kappa shape index (κ2) is 9.59. The Kier molecular flexibility index (Phi) is 7.19. The molecule has 0 spiro atoms. The Morgan fingerprint density at radius 2 is 1.81 bits per heavy atom. The first kappa shape index (κ1) is 20.3. The van der Waals surface area contributed by atoms with Gasteiger partial charge in [0.15, 0.2) is 13.2 Å². The van der Waals surface area contributed by atoms with Gasteiger partial charge in [-0.15, -0.1) is 0 Å². The molecule has 0 aliphatic rings. The molecule has 7 nitrogen and oxygen atoms in total. The van der Waals surface area contributed by atoms with E-state index in [1.165, 1.54) is 13.2 Å². The monoisotopic (exact) mass is 391 g/mol. The topological polar surface area (TPSA) is 90.9 Å². The Hall–Kier alpha value is -3.06. The number of amides is 1. The van der Waals surface area contributed by atoms with Gasteiger partial charge >= 0.3 is 11.9 Å². The van der Waals surface area contributed by atoms with E-state index in [4.69, 9.17) is 21.1 Å². The zero-order valence-corrected chi connectivity index (χ0v) is 15.5. The number of nitrogens with one attached hydrogen (secondary N) is 1. The van der Waals surface area contributed by atoms with Crippen molar-refractivity contribution in [2.75, 3.05) is 25.6 Å². The van der Waals surface area contributed by atoms with Gasteiger partial charge in [0.05, 0.1) is 17.7 Å². The highest BCUT2D eigenvalue weighted by Gasteiger charge is 2.13. The number of para-hydroxylation sites is 1. The van der Waals surface area contributed by atoms with Gasteiger partial charge in [-0.2, -0.15) is 0 Å². The third-order valence-electron chi connectivity index (χ3n) is 3.48. The molecule has 2 aromatic carbocycles. The van der Waals surface area contributed by atoms with Crippen molar-refractivity contribution in [1.82, 2.24) is 0 Å². The maximum absolute atomic E-state index is 12.0. The van der Waals surface area contributed by atoms with Crippen LogP contribution in [-0.4, -0.2) is 38.2 Å². The van der Waals surface area contributed by atoms with Crippen LogP contribution in [0.4, 0.5) is 5.69 Å². The number of ether oxygens (including phenoxy) is 3. The molecule has 142 valence electrons. The lowest BCUT2D eigenvalue weighted by Crippen LogP contribution is -2.24. The number of carbonyl (C=O) groups is 3. The third kappa shape index (κ3) is 6.00. The summed E-state index contributed by atoms with van der Waals surface area (Å²) >= 11 is 5.91. The summed E-state index contributed by atoms with van der Waals surface area (Å²) in [7, 11) is 1.27. The predicted octanol–water partition coefficient (Wildman–Crippen LogP) is 3.00. The highest BCUT2D eigenvalue weighted by molar-refractivity contribution is 6.32. The zero-order chi connectivity index (χ0) is 19.8. The lowest BCUT2D eigenvalue weighted by molar-refractivity contribution is -0.149. The van der Waals surface area contributed by atoms with Crippen molar-refractivity contribution >= 4 is 35.1 Å². The number of carbonyl (C=O) groups excluding carboxylic acids is 3. The molecule has 0 aliphatic carbocycles. The molecular weight excluding hydrogens is 374 g/mol. The molecule has 0 bridgehead atoms. The second-order valence-electron chi connectivity index (χ2n) is 5.45. The van der Waals surface area contributed by atoms with E-state index in [0.29, 0.717) is 22.0 Å². The van der Waals surface area contributed by atoms with Crippen LogP contribution in [0, 0.1) is 6.92 Å². The highest BCUT2D eigenvalue weighted by atomic mass is 35.5. The summed E-state index contributed by atoms with van der Waals surface area (Å²) in [5.41, 5.74) is 1.46. The molecule has 0 heterocycles. The van der Waals surface area contributed by atoms with E-state index in [0.717, 1.165) is 5.56 Å². The minimum Gasteiger partial charge on any atom is -0.480 e. The molecule has 0 atom stereocenters. The summed E-state index contributed by atoms with van der Waals surface area (Å²) < 4.78 is 14.7. The van der Waals surface area contributed by atoms with Crippen LogP contribution >= 0.6 is 11.6 Å². The average molecular weight is 392 g/mol. The van der Waals surface area contributed by atoms with Crippen LogP contribution in [0.25, 0.3) is 0 Å². The first-order chi connectivity index (χ1) is 12.9. The van der Waals surface area contributed by atoms with Crippen molar-refractivity contribution in [2.45, 2.75) is 6.92 Å². The summed E-state index contributed by atoms with van der Waals surface area (Å²) in [5, 5.41) is 2.95. The maximum atomic E-state index is 12.0. The van der Waals surface area contributed by atoms with Gasteiger partial charge in [0.25, 0.3) is 5.91 Å². The minimum atomic E-state index is -0.717. The number of anilines is 1. The fourth-order valence-corrected chi connectivity index (χ4v) is 2.26. The molecule has 1 N–H and O–H groups in total. The lowest BCUT2D eigenvalue weighted by atomic mass is 10.1. The number of rotatable bonds is 7. The average Bonchev–Trinajstić information content (AvgIpc) is 2.66. The van der Waals surface area contributed by atoms with Crippen LogP contribution in [0.2, 0.25) is 5.02 Å². The predicted molar refractivity (Wildman–Crippen MR) is 99.1 cm³/mol. The molecule has 0 aliphatic heterocycles. The van der Waals surface area contributed by atoms with E-state index in [9.17, 15) is 14.4 Å². The van der Waals surface area contributed by atoms with Gasteiger partial charge in [-0.1, -0.05) is 29.8 Å². The molecule has 0 radical (unpaired) electrons.